The summed E-state index contributed by atoms with van der Waals surface area (Å²) in [4.78, 5) is 13.6. The molecule has 0 amide bonds. The molecule has 0 saturated heterocycles. The number of thiophene rings is 1. The van der Waals surface area contributed by atoms with E-state index in [1.54, 1.807) is 23.1 Å². The van der Waals surface area contributed by atoms with E-state index < -0.39 is 0 Å². The number of rotatable bonds is 3. The Balaban J connectivity index is 1.57. The number of aromatic nitrogens is 3. The zero-order valence-electron chi connectivity index (χ0n) is 10.5. The van der Waals surface area contributed by atoms with E-state index in [-0.39, 0.29) is 0 Å². The number of hydrogen-bond donors (Lipinski definition) is 1. The van der Waals surface area contributed by atoms with E-state index in [2.05, 4.69) is 33.2 Å². The maximum absolute atomic E-state index is 4.58. The van der Waals surface area contributed by atoms with E-state index in [0.29, 0.717) is 0 Å². The number of imidazole rings is 1. The molecule has 0 saturated carbocycles. The lowest BCUT2D eigenvalue weighted by Crippen LogP contribution is -1.76. The van der Waals surface area contributed by atoms with Gasteiger partial charge in [-0.2, -0.15) is 0 Å². The number of aromatic amines is 1. The summed E-state index contributed by atoms with van der Waals surface area (Å²) in [5.41, 5.74) is 3.19. The number of fused-ring (bicyclic) bond motifs is 2. The quantitative estimate of drug-likeness (QED) is 0.567. The van der Waals surface area contributed by atoms with Gasteiger partial charge in [-0.15, -0.1) is 11.3 Å². The Labute approximate surface area is 124 Å². The van der Waals surface area contributed by atoms with Crippen LogP contribution in [0.5, 0.6) is 0 Å². The largest absolute Gasteiger partial charge is 0.333 e. The molecule has 3 nitrogen and oxygen atoms in total. The van der Waals surface area contributed by atoms with Crippen LogP contribution in [0.15, 0.2) is 53.8 Å². The normalized spacial score (nSPS) is 11.4. The minimum Gasteiger partial charge on any atom is -0.333 e. The molecule has 20 heavy (non-hydrogen) atoms. The molecule has 0 radical (unpaired) electrons. The fourth-order valence-electron chi connectivity index (χ4n) is 2.13. The van der Waals surface area contributed by atoms with Gasteiger partial charge in [0.1, 0.15) is 0 Å². The first-order chi connectivity index (χ1) is 9.88. The Morgan fingerprint density at radius 3 is 2.95 bits per heavy atom. The molecular formula is C15H11N3S2. The fourth-order valence-corrected chi connectivity index (χ4v) is 4.06. The minimum atomic E-state index is 0.918. The van der Waals surface area contributed by atoms with Crippen LogP contribution in [-0.2, 0) is 5.75 Å². The Morgan fingerprint density at radius 1 is 1.10 bits per heavy atom. The number of nitrogens with zero attached hydrogens (tertiary/aromatic N) is 2. The molecule has 98 valence electrons. The first-order valence-electron chi connectivity index (χ1n) is 6.29. The van der Waals surface area contributed by atoms with Crippen molar-refractivity contribution in [3.63, 3.8) is 0 Å². The van der Waals surface area contributed by atoms with Crippen LogP contribution in [0.25, 0.3) is 21.3 Å². The second-order valence-corrected chi connectivity index (χ2v) is 6.58. The van der Waals surface area contributed by atoms with Crippen molar-refractivity contribution < 1.29 is 0 Å². The maximum atomic E-state index is 4.58. The summed E-state index contributed by atoms with van der Waals surface area (Å²) in [5, 5.41) is 0.969. The van der Waals surface area contributed by atoms with Crippen LogP contribution < -0.4 is 0 Å². The molecule has 0 aliphatic rings. The first-order valence-corrected chi connectivity index (χ1v) is 8.10. The van der Waals surface area contributed by atoms with Gasteiger partial charge < -0.3 is 4.98 Å². The van der Waals surface area contributed by atoms with E-state index >= 15 is 0 Å². The molecule has 0 bridgehead atoms. The van der Waals surface area contributed by atoms with Crippen LogP contribution in [-0.4, -0.2) is 15.0 Å². The predicted molar refractivity (Wildman–Crippen MR) is 85.3 cm³/mol. The number of H-pyrrole nitrogens is 1. The number of hydrogen-bond acceptors (Lipinski definition) is 4. The SMILES string of the molecule is c1ccc2[nH]c(SCc3cc4ncccc4s3)nc2c1. The number of pyridine rings is 1. The zero-order chi connectivity index (χ0) is 13.4. The van der Waals surface area contributed by atoms with Crippen molar-refractivity contribution in [3.8, 4) is 0 Å². The van der Waals surface area contributed by atoms with Crippen molar-refractivity contribution in [1.29, 1.82) is 0 Å². The standard InChI is InChI=1S/C15H11N3S2/c1-2-5-12-11(4-1)17-15(18-12)19-9-10-8-13-14(20-10)6-3-7-16-13/h1-8H,9H2,(H,17,18). The third-order valence-electron chi connectivity index (χ3n) is 3.06. The summed E-state index contributed by atoms with van der Waals surface area (Å²) in [5.74, 6) is 0.918. The van der Waals surface area contributed by atoms with Crippen LogP contribution >= 0.6 is 23.1 Å². The molecule has 0 aliphatic heterocycles. The predicted octanol–water partition coefficient (Wildman–Crippen LogP) is 4.46. The molecule has 3 heterocycles. The third kappa shape index (κ3) is 2.19. The van der Waals surface area contributed by atoms with Gasteiger partial charge in [0, 0.05) is 16.8 Å². The monoisotopic (exact) mass is 297 g/mol. The lowest BCUT2D eigenvalue weighted by molar-refractivity contribution is 1.08. The molecule has 1 aromatic carbocycles. The van der Waals surface area contributed by atoms with E-state index in [4.69, 9.17) is 0 Å². The van der Waals surface area contributed by atoms with Gasteiger partial charge in [0.2, 0.25) is 0 Å². The fraction of sp³-hybridized carbons (Fsp3) is 0.0667. The molecule has 0 fully saturated rings. The number of para-hydroxylation sites is 2. The Bertz CT molecular complexity index is 739. The molecular weight excluding hydrogens is 286 g/mol. The van der Waals surface area contributed by atoms with Crippen molar-refractivity contribution in [2.75, 3.05) is 0 Å². The van der Waals surface area contributed by atoms with Gasteiger partial charge in [-0.1, -0.05) is 23.9 Å². The van der Waals surface area contributed by atoms with Crippen LogP contribution in [0.3, 0.4) is 0 Å². The Kier molecular flexibility index (Phi) is 2.94. The summed E-state index contributed by atoms with van der Waals surface area (Å²) in [6, 6.07) is 14.4. The highest BCUT2D eigenvalue weighted by Gasteiger charge is 2.06. The average Bonchev–Trinajstić information content (AvgIpc) is 3.07. The van der Waals surface area contributed by atoms with Gasteiger partial charge in [-0.05, 0) is 30.3 Å². The molecule has 0 unspecified atom stereocenters. The van der Waals surface area contributed by atoms with Crippen molar-refractivity contribution in [2.45, 2.75) is 10.9 Å². The topological polar surface area (TPSA) is 41.6 Å². The molecule has 4 rings (SSSR count). The Morgan fingerprint density at radius 2 is 2.05 bits per heavy atom. The van der Waals surface area contributed by atoms with Crippen LogP contribution in [0.1, 0.15) is 4.88 Å². The lowest BCUT2D eigenvalue weighted by Gasteiger charge is -1.93. The Hall–Kier alpha value is -1.85. The van der Waals surface area contributed by atoms with Crippen LogP contribution in [0.4, 0.5) is 0 Å². The second kappa shape index (κ2) is 4.92. The highest BCUT2D eigenvalue weighted by atomic mass is 32.2. The summed E-state index contributed by atoms with van der Waals surface area (Å²) >= 11 is 3.53. The van der Waals surface area contributed by atoms with Crippen LogP contribution in [0.2, 0.25) is 0 Å². The van der Waals surface area contributed by atoms with Crippen molar-refractivity contribution in [2.24, 2.45) is 0 Å². The molecule has 4 aromatic rings. The van der Waals surface area contributed by atoms with E-state index in [1.165, 1.54) is 9.58 Å². The van der Waals surface area contributed by atoms with E-state index in [0.717, 1.165) is 27.5 Å². The number of benzene rings is 1. The maximum Gasteiger partial charge on any atom is 0.166 e. The van der Waals surface area contributed by atoms with Crippen molar-refractivity contribution in [1.82, 2.24) is 15.0 Å². The van der Waals surface area contributed by atoms with Gasteiger partial charge in [-0.25, -0.2) is 4.98 Å². The summed E-state index contributed by atoms with van der Waals surface area (Å²) < 4.78 is 1.24. The highest BCUT2D eigenvalue weighted by Crippen LogP contribution is 2.29. The van der Waals surface area contributed by atoms with Gasteiger partial charge in [0.25, 0.3) is 0 Å². The van der Waals surface area contributed by atoms with Gasteiger partial charge in [0.15, 0.2) is 5.16 Å². The van der Waals surface area contributed by atoms with Crippen molar-refractivity contribution >= 4 is 44.3 Å². The van der Waals surface area contributed by atoms with Gasteiger partial charge >= 0.3 is 0 Å². The number of nitrogens with one attached hydrogen (secondary N) is 1. The summed E-state index contributed by atoms with van der Waals surface area (Å²) in [6.45, 7) is 0. The van der Waals surface area contributed by atoms with Gasteiger partial charge in [0.05, 0.1) is 21.3 Å². The first kappa shape index (κ1) is 11.9. The lowest BCUT2D eigenvalue weighted by atomic mass is 10.3. The second-order valence-electron chi connectivity index (χ2n) is 4.45. The van der Waals surface area contributed by atoms with Crippen molar-refractivity contribution in [3.05, 3.63) is 53.5 Å². The summed E-state index contributed by atoms with van der Waals surface area (Å²) in [7, 11) is 0. The smallest absolute Gasteiger partial charge is 0.166 e. The zero-order valence-corrected chi connectivity index (χ0v) is 12.2. The molecule has 1 N–H and O–H groups in total. The minimum absolute atomic E-state index is 0.918. The van der Waals surface area contributed by atoms with Crippen LogP contribution in [0, 0.1) is 0 Å². The average molecular weight is 297 g/mol. The molecule has 0 aliphatic carbocycles. The molecule has 0 atom stereocenters. The molecule has 3 aromatic heterocycles. The van der Waals surface area contributed by atoms with E-state index in [9.17, 15) is 0 Å². The number of thioether (sulfide) groups is 1. The van der Waals surface area contributed by atoms with E-state index in [1.807, 2.05) is 30.5 Å². The van der Waals surface area contributed by atoms with Gasteiger partial charge in [-0.3, -0.25) is 4.98 Å². The highest BCUT2D eigenvalue weighted by molar-refractivity contribution is 7.98. The molecule has 5 heteroatoms. The third-order valence-corrected chi connectivity index (χ3v) is 5.25. The molecule has 0 spiro atoms. The summed E-state index contributed by atoms with van der Waals surface area (Å²) in [6.07, 6.45) is 1.84.